The third-order valence-corrected chi connectivity index (χ3v) is 2.15. The van der Waals surface area contributed by atoms with E-state index in [1.807, 2.05) is 0 Å². The second kappa shape index (κ2) is 4.40. The molecule has 0 aliphatic carbocycles. The normalized spacial score (nSPS) is 10.1. The van der Waals surface area contributed by atoms with Crippen molar-refractivity contribution in [1.82, 2.24) is 15.2 Å². The average molecular weight is 283 g/mol. The summed E-state index contributed by atoms with van der Waals surface area (Å²) < 4.78 is 5.74. The first-order valence-electron chi connectivity index (χ1n) is 4.37. The van der Waals surface area contributed by atoms with Crippen LogP contribution in [0.4, 0.5) is 6.01 Å². The molecule has 0 aliphatic rings. The maximum Gasteiger partial charge on any atom is 0.322 e. The highest BCUT2D eigenvalue weighted by molar-refractivity contribution is 9.10. The molecule has 0 bridgehead atoms. The van der Waals surface area contributed by atoms with Gasteiger partial charge in [0.05, 0.1) is 5.56 Å². The fourth-order valence-corrected chi connectivity index (χ4v) is 1.42. The average Bonchev–Trinajstić information content (AvgIpc) is 2.64. The van der Waals surface area contributed by atoms with E-state index in [-0.39, 0.29) is 11.9 Å². The zero-order valence-corrected chi connectivity index (χ0v) is 9.85. The third-order valence-electron chi connectivity index (χ3n) is 1.71. The zero-order chi connectivity index (χ0) is 11.5. The minimum absolute atomic E-state index is 0.0717. The van der Waals surface area contributed by atoms with E-state index in [4.69, 9.17) is 4.42 Å². The molecule has 2 rings (SSSR count). The fraction of sp³-hybridized carbons (Fsp3) is 0.111. The van der Waals surface area contributed by atoms with Gasteiger partial charge in [-0.25, -0.2) is 0 Å². The number of carbonyl (C=O) groups is 1. The van der Waals surface area contributed by atoms with Crippen molar-refractivity contribution in [2.45, 2.75) is 6.92 Å². The predicted octanol–water partition coefficient (Wildman–Crippen LogP) is 1.79. The summed E-state index contributed by atoms with van der Waals surface area (Å²) in [5, 5.41) is 9.71. The highest BCUT2D eigenvalue weighted by atomic mass is 79.9. The molecule has 0 saturated carbocycles. The highest BCUT2D eigenvalue weighted by Gasteiger charge is 2.10. The Morgan fingerprint density at radius 1 is 1.44 bits per heavy atom. The van der Waals surface area contributed by atoms with Gasteiger partial charge < -0.3 is 4.42 Å². The lowest BCUT2D eigenvalue weighted by molar-refractivity contribution is 0.102. The standard InChI is InChI=1S/C9H7BrN4O2/c1-5-13-14-9(16-5)12-8(15)6-2-7(10)4-11-3-6/h2-4H,1H3,(H,12,14,15). The van der Waals surface area contributed by atoms with Crippen LogP contribution in [0.15, 0.2) is 27.3 Å². The van der Waals surface area contributed by atoms with E-state index in [2.05, 4.69) is 36.4 Å². The number of halogens is 1. The Kier molecular flexibility index (Phi) is 2.95. The van der Waals surface area contributed by atoms with Crippen molar-refractivity contribution >= 4 is 27.9 Å². The van der Waals surface area contributed by atoms with Crippen molar-refractivity contribution in [1.29, 1.82) is 0 Å². The van der Waals surface area contributed by atoms with E-state index < -0.39 is 0 Å². The van der Waals surface area contributed by atoms with Gasteiger partial charge >= 0.3 is 6.01 Å². The van der Waals surface area contributed by atoms with Gasteiger partial charge in [0.15, 0.2) is 0 Å². The maximum absolute atomic E-state index is 11.7. The van der Waals surface area contributed by atoms with Crippen LogP contribution in [0.1, 0.15) is 16.2 Å². The smallest absolute Gasteiger partial charge is 0.322 e. The van der Waals surface area contributed by atoms with Crippen LogP contribution in [0.3, 0.4) is 0 Å². The lowest BCUT2D eigenvalue weighted by atomic mass is 10.3. The van der Waals surface area contributed by atoms with E-state index in [1.54, 1.807) is 19.2 Å². The van der Waals surface area contributed by atoms with Crippen molar-refractivity contribution < 1.29 is 9.21 Å². The summed E-state index contributed by atoms with van der Waals surface area (Å²) >= 11 is 3.23. The first-order valence-corrected chi connectivity index (χ1v) is 5.16. The van der Waals surface area contributed by atoms with Crippen molar-refractivity contribution in [3.8, 4) is 0 Å². The van der Waals surface area contributed by atoms with Crippen molar-refractivity contribution in [2.24, 2.45) is 0 Å². The van der Waals surface area contributed by atoms with Gasteiger partial charge in [-0.3, -0.25) is 15.1 Å². The number of aromatic nitrogens is 3. The molecular weight excluding hydrogens is 276 g/mol. The minimum Gasteiger partial charge on any atom is -0.408 e. The Morgan fingerprint density at radius 3 is 2.88 bits per heavy atom. The monoisotopic (exact) mass is 282 g/mol. The van der Waals surface area contributed by atoms with Gasteiger partial charge in [-0.05, 0) is 22.0 Å². The minimum atomic E-state index is -0.350. The van der Waals surface area contributed by atoms with Crippen molar-refractivity contribution in [2.75, 3.05) is 5.32 Å². The van der Waals surface area contributed by atoms with Crippen LogP contribution in [0.25, 0.3) is 0 Å². The first-order chi connectivity index (χ1) is 7.65. The molecule has 1 N–H and O–H groups in total. The number of nitrogens with zero attached hydrogens (tertiary/aromatic N) is 3. The van der Waals surface area contributed by atoms with Gasteiger partial charge in [0.1, 0.15) is 0 Å². The number of aryl methyl sites for hydroxylation is 1. The van der Waals surface area contributed by atoms with Gasteiger partial charge in [-0.15, -0.1) is 5.10 Å². The maximum atomic E-state index is 11.7. The molecule has 0 fully saturated rings. The van der Waals surface area contributed by atoms with Crippen molar-refractivity contribution in [3.63, 3.8) is 0 Å². The molecular formula is C9H7BrN4O2. The van der Waals surface area contributed by atoms with E-state index >= 15 is 0 Å². The predicted molar refractivity (Wildman–Crippen MR) is 58.9 cm³/mol. The number of hydrogen-bond acceptors (Lipinski definition) is 5. The summed E-state index contributed by atoms with van der Waals surface area (Å²) in [5.41, 5.74) is 0.408. The number of hydrogen-bond donors (Lipinski definition) is 1. The molecule has 0 aliphatic heterocycles. The number of pyridine rings is 1. The molecule has 0 saturated heterocycles. The molecule has 0 spiro atoms. The number of nitrogens with one attached hydrogen (secondary N) is 1. The van der Waals surface area contributed by atoms with E-state index in [0.29, 0.717) is 11.5 Å². The second-order valence-corrected chi connectivity index (χ2v) is 3.89. The lowest BCUT2D eigenvalue weighted by Gasteiger charge is -1.99. The Balaban J connectivity index is 2.14. The number of anilines is 1. The van der Waals surface area contributed by atoms with Crippen LogP contribution in [0.5, 0.6) is 0 Å². The third kappa shape index (κ3) is 2.43. The summed E-state index contributed by atoms with van der Waals surface area (Å²) in [7, 11) is 0. The lowest BCUT2D eigenvalue weighted by Crippen LogP contribution is -2.12. The zero-order valence-electron chi connectivity index (χ0n) is 8.27. The van der Waals surface area contributed by atoms with Gasteiger partial charge in [-0.2, -0.15) is 0 Å². The first kappa shape index (κ1) is 10.7. The molecule has 2 aromatic rings. The molecule has 0 aromatic carbocycles. The Morgan fingerprint density at radius 2 is 2.25 bits per heavy atom. The largest absolute Gasteiger partial charge is 0.408 e. The topological polar surface area (TPSA) is 80.9 Å². The van der Waals surface area contributed by atoms with Crippen LogP contribution < -0.4 is 5.32 Å². The number of amides is 1. The van der Waals surface area contributed by atoms with Gasteiger partial charge in [0, 0.05) is 23.8 Å². The summed E-state index contributed by atoms with van der Waals surface area (Å²) in [6, 6.07) is 1.72. The Hall–Kier alpha value is -1.76. The second-order valence-electron chi connectivity index (χ2n) is 2.97. The quantitative estimate of drug-likeness (QED) is 0.908. The molecule has 2 heterocycles. The summed E-state index contributed by atoms with van der Waals surface area (Å²) in [6.45, 7) is 1.64. The van der Waals surface area contributed by atoms with E-state index in [1.165, 1.54) is 6.20 Å². The van der Waals surface area contributed by atoms with Crippen LogP contribution in [-0.2, 0) is 0 Å². The van der Waals surface area contributed by atoms with Crippen LogP contribution in [0.2, 0.25) is 0 Å². The van der Waals surface area contributed by atoms with Crippen LogP contribution >= 0.6 is 15.9 Å². The van der Waals surface area contributed by atoms with Crippen molar-refractivity contribution in [3.05, 3.63) is 34.4 Å². The molecule has 2 aromatic heterocycles. The molecule has 82 valence electrons. The number of rotatable bonds is 2. The molecule has 7 heteroatoms. The van der Waals surface area contributed by atoms with Gasteiger partial charge in [-0.1, -0.05) is 5.10 Å². The van der Waals surface area contributed by atoms with Crippen LogP contribution in [0, 0.1) is 6.92 Å². The summed E-state index contributed by atoms with van der Waals surface area (Å²) in [5.74, 6) is 0.0418. The highest BCUT2D eigenvalue weighted by Crippen LogP contribution is 2.11. The molecule has 6 nitrogen and oxygen atoms in total. The SMILES string of the molecule is Cc1nnc(NC(=O)c2cncc(Br)c2)o1. The van der Waals surface area contributed by atoms with Gasteiger partial charge in [0.25, 0.3) is 5.91 Å². The molecule has 16 heavy (non-hydrogen) atoms. The molecule has 0 radical (unpaired) electrons. The summed E-state index contributed by atoms with van der Waals surface area (Å²) in [4.78, 5) is 15.6. The van der Waals surface area contributed by atoms with E-state index in [9.17, 15) is 4.79 Å². The Bertz CT molecular complexity index is 526. The molecule has 0 atom stereocenters. The van der Waals surface area contributed by atoms with Crippen LogP contribution in [-0.4, -0.2) is 21.1 Å². The fourth-order valence-electron chi connectivity index (χ4n) is 1.05. The van der Waals surface area contributed by atoms with Gasteiger partial charge in [0.2, 0.25) is 5.89 Å². The molecule has 0 unspecified atom stereocenters. The molecule has 1 amide bonds. The summed E-state index contributed by atoms with van der Waals surface area (Å²) in [6.07, 6.45) is 3.04. The number of carbonyl (C=O) groups excluding carboxylic acids is 1. The van der Waals surface area contributed by atoms with E-state index in [0.717, 1.165) is 4.47 Å². The Labute approximate surface area is 99.2 Å².